The average molecular weight is 921 g/mol. The zero-order chi connectivity index (χ0) is 48.8. The second kappa shape index (κ2) is 21.2. The number of primary amides is 2. The molecule has 0 unspecified atom stereocenters. The first-order chi connectivity index (χ1) is 32.4. The van der Waals surface area contributed by atoms with Crippen molar-refractivity contribution in [2.24, 2.45) is 37.4 Å². The van der Waals surface area contributed by atoms with Crippen LogP contribution in [0.2, 0.25) is 0 Å². The molecule has 2 aromatic heterocycles. The van der Waals surface area contributed by atoms with Crippen molar-refractivity contribution in [2.45, 2.75) is 91.5 Å². The molecule has 68 heavy (non-hydrogen) atoms. The van der Waals surface area contributed by atoms with Crippen LogP contribution in [0.3, 0.4) is 0 Å². The molecule has 4 aromatic carbocycles. The Morgan fingerprint density at radius 3 is 1.26 bits per heavy atom. The van der Waals surface area contributed by atoms with E-state index in [1.165, 1.54) is 11.1 Å². The van der Waals surface area contributed by atoms with Gasteiger partial charge in [-0.2, -0.15) is 0 Å². The number of likely N-dealkylation sites (tertiary alicyclic amines) is 2. The predicted octanol–water partition coefficient (Wildman–Crippen LogP) is 7.48. The summed E-state index contributed by atoms with van der Waals surface area (Å²) in [5.41, 5.74) is 19.6. The van der Waals surface area contributed by atoms with Crippen LogP contribution in [-0.4, -0.2) is 89.9 Å². The van der Waals surface area contributed by atoms with Gasteiger partial charge in [-0.15, -0.1) is 0 Å². The first-order valence-electron chi connectivity index (χ1n) is 23.3. The second-order valence-electron chi connectivity index (χ2n) is 18.9. The summed E-state index contributed by atoms with van der Waals surface area (Å²) in [5.74, 6) is 0.312. The molecule has 4 N–H and O–H groups in total. The number of carbonyl (C=O) groups is 4. The van der Waals surface area contributed by atoms with E-state index in [1.807, 2.05) is 120 Å². The number of rotatable bonds is 12. The maximum Gasteiger partial charge on any atom is 0.252 e. The molecule has 6 atom stereocenters. The lowest BCUT2D eigenvalue weighted by atomic mass is 9.91. The highest BCUT2D eigenvalue weighted by atomic mass is 16.5. The number of hydrogen-bond acceptors (Lipinski definition) is 8. The molecule has 0 radical (unpaired) electrons. The Kier molecular flexibility index (Phi) is 15.2. The second-order valence-corrected chi connectivity index (χ2v) is 18.9. The van der Waals surface area contributed by atoms with E-state index in [9.17, 15) is 19.2 Å². The standard InChI is InChI=1S/2C27H32N4O3/c2*1-17-5-7-20(8-6-17)12-26(32)31-14-18(2)25(11-19(31)3)34-24-10-9-21(13-22(24)27(28)33)23-15-30(4)16-29-23/h2*5-10,13,15-16,18-19,25H,11-12,14H2,1-4H3,(H2,28,33)/t2*18-,19+,25-/m00/s1. The maximum atomic E-state index is 13.0. The highest BCUT2D eigenvalue weighted by molar-refractivity contribution is 5.97. The van der Waals surface area contributed by atoms with Crippen LogP contribution in [-0.2, 0) is 36.5 Å². The SMILES string of the molecule is Cc1ccc(CC(=O)N2C[C@H](C)[C@@H](Oc3ccc(-c4cn(C)cn4)cc3C(N)=O)C[C@H]2C)cc1.Cc1ccc(CC(=O)N2C[C@H](C)[C@@H](Oc3ccc(-c4cn(C)cn4)cc3C(N)=O)C[C@H]2C)cc1. The number of ether oxygens (including phenoxy) is 2. The fourth-order valence-electron chi connectivity index (χ4n) is 9.01. The van der Waals surface area contributed by atoms with Crippen molar-refractivity contribution < 1.29 is 28.7 Å². The van der Waals surface area contributed by atoms with Crippen molar-refractivity contribution in [3.63, 3.8) is 0 Å². The number of piperidine rings is 2. The normalized spacial score (nSPS) is 20.2. The molecule has 0 spiro atoms. The van der Waals surface area contributed by atoms with Gasteiger partial charge >= 0.3 is 0 Å². The molecule has 2 aliphatic heterocycles. The largest absolute Gasteiger partial charge is 0.489 e. The molecule has 14 nitrogen and oxygen atoms in total. The summed E-state index contributed by atoms with van der Waals surface area (Å²) in [6.07, 6.45) is 9.08. The first kappa shape index (κ1) is 48.7. The Hall–Kier alpha value is -7.22. The molecular formula is C54H64N8O6. The number of nitrogens with two attached hydrogens (primary N) is 2. The van der Waals surface area contributed by atoms with Crippen molar-refractivity contribution in [1.82, 2.24) is 28.9 Å². The van der Waals surface area contributed by atoms with Crippen molar-refractivity contribution in [3.05, 3.63) is 143 Å². The summed E-state index contributed by atoms with van der Waals surface area (Å²) >= 11 is 0. The van der Waals surface area contributed by atoms with Crippen LogP contribution in [0.1, 0.15) is 83.5 Å². The zero-order valence-electron chi connectivity index (χ0n) is 40.4. The number of carbonyl (C=O) groups excluding carboxylic acids is 4. The third kappa shape index (κ3) is 11.8. The van der Waals surface area contributed by atoms with Crippen LogP contribution in [0.5, 0.6) is 11.5 Å². The van der Waals surface area contributed by atoms with Gasteiger partial charge in [0.15, 0.2) is 0 Å². The van der Waals surface area contributed by atoms with Crippen LogP contribution in [0.15, 0.2) is 110 Å². The molecule has 2 aliphatic rings. The number of benzene rings is 4. The summed E-state index contributed by atoms with van der Waals surface area (Å²) in [5, 5.41) is 0. The van der Waals surface area contributed by atoms with Gasteiger partial charge in [-0.1, -0.05) is 73.5 Å². The fourth-order valence-corrected chi connectivity index (χ4v) is 9.01. The monoisotopic (exact) mass is 920 g/mol. The van der Waals surface area contributed by atoms with Gasteiger partial charge in [0, 0.05) is 87.5 Å². The highest BCUT2D eigenvalue weighted by Crippen LogP contribution is 2.33. The minimum absolute atomic E-state index is 0.0315. The Bertz CT molecular complexity index is 2560. The molecular weight excluding hydrogens is 857 g/mol. The van der Waals surface area contributed by atoms with Gasteiger partial charge in [-0.05, 0) is 75.2 Å². The summed E-state index contributed by atoms with van der Waals surface area (Å²) in [6, 6.07) is 27.0. The molecule has 4 heterocycles. The Morgan fingerprint density at radius 2 is 0.941 bits per heavy atom. The topological polar surface area (TPSA) is 181 Å². The smallest absolute Gasteiger partial charge is 0.252 e. The average Bonchev–Trinajstić information content (AvgIpc) is 3.95. The number of amides is 4. The third-order valence-electron chi connectivity index (χ3n) is 13.1. The molecule has 356 valence electrons. The molecule has 14 heteroatoms. The summed E-state index contributed by atoms with van der Waals surface area (Å²) in [6.45, 7) is 13.5. The van der Waals surface area contributed by atoms with Crippen LogP contribution >= 0.6 is 0 Å². The first-order valence-corrected chi connectivity index (χ1v) is 23.3. The molecule has 8 rings (SSSR count). The van der Waals surface area contributed by atoms with E-state index >= 15 is 0 Å². The number of hydrogen-bond donors (Lipinski definition) is 2. The van der Waals surface area contributed by atoms with Crippen LogP contribution in [0, 0.1) is 25.7 Å². The van der Waals surface area contributed by atoms with Crippen molar-refractivity contribution in [2.75, 3.05) is 13.1 Å². The van der Waals surface area contributed by atoms with Crippen LogP contribution in [0.4, 0.5) is 0 Å². The minimum atomic E-state index is -0.542. The number of nitrogens with zero attached hydrogens (tertiary/aromatic N) is 6. The van der Waals surface area contributed by atoms with Crippen molar-refractivity contribution in [3.8, 4) is 34.0 Å². The molecule has 4 amide bonds. The lowest BCUT2D eigenvalue weighted by molar-refractivity contribution is -0.137. The quantitative estimate of drug-likeness (QED) is 0.127. The Labute approximate surface area is 399 Å². The van der Waals surface area contributed by atoms with Gasteiger partial charge in [0.25, 0.3) is 11.8 Å². The number of aromatic nitrogens is 4. The molecule has 0 aliphatic carbocycles. The Balaban J connectivity index is 0.000000201. The van der Waals surface area contributed by atoms with Gasteiger partial charge in [0.2, 0.25) is 11.8 Å². The highest BCUT2D eigenvalue weighted by Gasteiger charge is 2.37. The number of imidazole rings is 2. The molecule has 6 aromatic rings. The van der Waals surface area contributed by atoms with E-state index < -0.39 is 11.8 Å². The van der Waals surface area contributed by atoms with E-state index in [-0.39, 0.29) is 47.9 Å². The van der Waals surface area contributed by atoms with E-state index in [0.717, 1.165) is 33.6 Å². The van der Waals surface area contributed by atoms with Crippen molar-refractivity contribution >= 4 is 23.6 Å². The lowest BCUT2D eigenvalue weighted by Gasteiger charge is -2.41. The maximum absolute atomic E-state index is 13.0. The van der Waals surface area contributed by atoms with Gasteiger partial charge in [-0.25, -0.2) is 9.97 Å². The number of aryl methyl sites for hydroxylation is 4. The van der Waals surface area contributed by atoms with Gasteiger partial charge < -0.3 is 39.9 Å². The lowest BCUT2D eigenvalue weighted by Crippen LogP contribution is -2.52. The van der Waals surface area contributed by atoms with E-state index in [0.29, 0.717) is 61.4 Å². The minimum Gasteiger partial charge on any atom is -0.489 e. The predicted molar refractivity (Wildman–Crippen MR) is 263 cm³/mol. The van der Waals surface area contributed by atoms with E-state index in [4.69, 9.17) is 20.9 Å². The summed E-state index contributed by atoms with van der Waals surface area (Å²) < 4.78 is 16.3. The molecule has 0 bridgehead atoms. The zero-order valence-corrected chi connectivity index (χ0v) is 40.4. The molecule has 0 saturated carbocycles. The van der Waals surface area contributed by atoms with Crippen LogP contribution < -0.4 is 20.9 Å². The summed E-state index contributed by atoms with van der Waals surface area (Å²) in [7, 11) is 3.78. The summed E-state index contributed by atoms with van der Waals surface area (Å²) in [4.78, 5) is 63.0. The fraction of sp³-hybridized carbons (Fsp3) is 0.370. The van der Waals surface area contributed by atoms with E-state index in [2.05, 4.69) is 37.7 Å². The van der Waals surface area contributed by atoms with Crippen LogP contribution in [0.25, 0.3) is 22.5 Å². The van der Waals surface area contributed by atoms with Gasteiger partial charge in [0.1, 0.15) is 23.7 Å². The van der Waals surface area contributed by atoms with E-state index in [1.54, 1.807) is 36.9 Å². The molecule has 2 fully saturated rings. The molecule has 2 saturated heterocycles. The van der Waals surface area contributed by atoms with Gasteiger partial charge in [-0.3, -0.25) is 19.2 Å². The van der Waals surface area contributed by atoms with Gasteiger partial charge in [0.05, 0.1) is 48.0 Å². The Morgan fingerprint density at radius 1 is 0.574 bits per heavy atom. The van der Waals surface area contributed by atoms with Crippen molar-refractivity contribution in [1.29, 1.82) is 0 Å². The third-order valence-corrected chi connectivity index (χ3v) is 13.1.